The summed E-state index contributed by atoms with van der Waals surface area (Å²) in [5.41, 5.74) is 3.67. The first kappa shape index (κ1) is 18.1. The summed E-state index contributed by atoms with van der Waals surface area (Å²) in [4.78, 5) is 10.4. The Labute approximate surface area is 143 Å². The molecule has 0 saturated heterocycles. The first-order valence-corrected chi connectivity index (χ1v) is 8.43. The SMILES string of the molecule is CC.CNc1nc(Nc2ccc3c(c2)CCN(C)CC3)ncc1F. The minimum absolute atomic E-state index is 0.189. The summed E-state index contributed by atoms with van der Waals surface area (Å²) < 4.78 is 13.4. The fourth-order valence-corrected chi connectivity index (χ4v) is 2.65. The summed E-state index contributed by atoms with van der Waals surface area (Å²) in [6.45, 7) is 6.15. The summed E-state index contributed by atoms with van der Waals surface area (Å²) in [5.74, 6) is 0.114. The highest BCUT2D eigenvalue weighted by atomic mass is 19.1. The fraction of sp³-hybridized carbons (Fsp3) is 0.444. The van der Waals surface area contributed by atoms with Gasteiger partial charge in [0.2, 0.25) is 5.95 Å². The first-order chi connectivity index (χ1) is 11.7. The number of aromatic nitrogens is 2. The number of halogens is 1. The number of nitrogens with one attached hydrogen (secondary N) is 2. The summed E-state index contributed by atoms with van der Waals surface area (Å²) >= 11 is 0. The Hall–Kier alpha value is -2.21. The van der Waals surface area contributed by atoms with Crippen LogP contribution < -0.4 is 10.6 Å². The fourth-order valence-electron chi connectivity index (χ4n) is 2.65. The van der Waals surface area contributed by atoms with Gasteiger partial charge in [0.05, 0.1) is 6.20 Å². The molecule has 0 aliphatic carbocycles. The van der Waals surface area contributed by atoms with E-state index in [4.69, 9.17) is 0 Å². The number of fused-ring (bicyclic) bond motifs is 1. The van der Waals surface area contributed by atoms with Crippen LogP contribution in [0.3, 0.4) is 0 Å². The Morgan fingerprint density at radius 1 is 1.12 bits per heavy atom. The maximum Gasteiger partial charge on any atom is 0.229 e. The van der Waals surface area contributed by atoms with Crippen LogP contribution in [0.5, 0.6) is 0 Å². The molecule has 0 saturated carbocycles. The third kappa shape index (κ3) is 4.41. The Bertz CT molecular complexity index is 674. The van der Waals surface area contributed by atoms with Crippen LogP contribution in [0.4, 0.5) is 21.8 Å². The van der Waals surface area contributed by atoms with Crippen LogP contribution in [0.25, 0.3) is 0 Å². The molecule has 0 fully saturated rings. The highest BCUT2D eigenvalue weighted by molar-refractivity contribution is 5.57. The highest BCUT2D eigenvalue weighted by Crippen LogP contribution is 2.22. The molecule has 1 aromatic carbocycles. The topological polar surface area (TPSA) is 53.1 Å². The first-order valence-electron chi connectivity index (χ1n) is 8.43. The molecule has 24 heavy (non-hydrogen) atoms. The second kappa shape index (κ2) is 8.59. The molecule has 130 valence electrons. The molecule has 5 nitrogen and oxygen atoms in total. The van der Waals surface area contributed by atoms with E-state index in [1.807, 2.05) is 19.9 Å². The van der Waals surface area contributed by atoms with E-state index in [2.05, 4.69) is 44.7 Å². The van der Waals surface area contributed by atoms with Gasteiger partial charge >= 0.3 is 0 Å². The van der Waals surface area contributed by atoms with Gasteiger partial charge in [-0.05, 0) is 43.1 Å². The average Bonchev–Trinajstić information content (AvgIpc) is 2.80. The number of hydrogen-bond acceptors (Lipinski definition) is 5. The average molecular weight is 331 g/mol. The Morgan fingerprint density at radius 3 is 2.54 bits per heavy atom. The zero-order valence-corrected chi connectivity index (χ0v) is 14.9. The third-order valence-electron chi connectivity index (χ3n) is 3.97. The minimum atomic E-state index is -0.460. The van der Waals surface area contributed by atoms with Gasteiger partial charge in [-0.25, -0.2) is 9.37 Å². The molecule has 1 aliphatic heterocycles. The number of rotatable bonds is 3. The molecule has 1 aromatic heterocycles. The molecule has 2 heterocycles. The number of nitrogens with zero attached hydrogens (tertiary/aromatic N) is 3. The maximum absolute atomic E-state index is 13.4. The molecule has 0 bridgehead atoms. The van der Waals surface area contributed by atoms with Crippen molar-refractivity contribution in [3.63, 3.8) is 0 Å². The van der Waals surface area contributed by atoms with E-state index < -0.39 is 5.82 Å². The molecular weight excluding hydrogens is 305 g/mol. The minimum Gasteiger partial charge on any atom is -0.371 e. The van der Waals surface area contributed by atoms with E-state index in [1.54, 1.807) is 7.05 Å². The van der Waals surface area contributed by atoms with Crippen molar-refractivity contribution in [2.75, 3.05) is 37.8 Å². The van der Waals surface area contributed by atoms with Gasteiger partial charge in [0, 0.05) is 25.8 Å². The van der Waals surface area contributed by atoms with Crippen molar-refractivity contribution in [1.29, 1.82) is 0 Å². The second-order valence-electron chi connectivity index (χ2n) is 5.55. The zero-order chi connectivity index (χ0) is 17.5. The van der Waals surface area contributed by atoms with Gasteiger partial charge in [0.25, 0.3) is 0 Å². The monoisotopic (exact) mass is 331 g/mol. The van der Waals surface area contributed by atoms with Crippen molar-refractivity contribution in [1.82, 2.24) is 14.9 Å². The van der Waals surface area contributed by atoms with Gasteiger partial charge in [0.1, 0.15) is 0 Å². The maximum atomic E-state index is 13.4. The van der Waals surface area contributed by atoms with Crippen LogP contribution in [-0.4, -0.2) is 42.1 Å². The van der Waals surface area contributed by atoms with Gasteiger partial charge in [-0.2, -0.15) is 4.98 Å². The van der Waals surface area contributed by atoms with E-state index >= 15 is 0 Å². The summed E-state index contributed by atoms with van der Waals surface area (Å²) in [5, 5.41) is 5.86. The normalized spacial score (nSPS) is 14.0. The Kier molecular flexibility index (Phi) is 6.49. The lowest BCUT2D eigenvalue weighted by Crippen LogP contribution is -2.20. The molecule has 0 spiro atoms. The lowest BCUT2D eigenvalue weighted by atomic mass is 10.0. The van der Waals surface area contributed by atoms with Gasteiger partial charge in [-0.3, -0.25) is 0 Å². The summed E-state index contributed by atoms with van der Waals surface area (Å²) in [6.07, 6.45) is 3.27. The number of hydrogen-bond donors (Lipinski definition) is 2. The van der Waals surface area contributed by atoms with E-state index in [0.29, 0.717) is 5.95 Å². The van der Waals surface area contributed by atoms with Gasteiger partial charge in [-0.15, -0.1) is 0 Å². The van der Waals surface area contributed by atoms with Crippen LogP contribution >= 0.6 is 0 Å². The number of likely N-dealkylation sites (N-methyl/N-ethyl adjacent to an activating group) is 1. The van der Waals surface area contributed by atoms with E-state index in [1.165, 1.54) is 17.3 Å². The van der Waals surface area contributed by atoms with Crippen molar-refractivity contribution < 1.29 is 4.39 Å². The molecule has 0 radical (unpaired) electrons. The second-order valence-corrected chi connectivity index (χ2v) is 5.55. The van der Waals surface area contributed by atoms with E-state index in [-0.39, 0.29) is 5.82 Å². The smallest absolute Gasteiger partial charge is 0.229 e. The molecule has 2 N–H and O–H groups in total. The van der Waals surface area contributed by atoms with Gasteiger partial charge in [0.15, 0.2) is 11.6 Å². The molecule has 0 atom stereocenters. The highest BCUT2D eigenvalue weighted by Gasteiger charge is 2.12. The van der Waals surface area contributed by atoms with Crippen molar-refractivity contribution in [2.24, 2.45) is 0 Å². The van der Waals surface area contributed by atoms with E-state index in [0.717, 1.165) is 31.6 Å². The predicted octanol–water partition coefficient (Wildman–Crippen LogP) is 3.46. The van der Waals surface area contributed by atoms with Gasteiger partial charge < -0.3 is 15.5 Å². The standard InChI is InChI=1S/C16H20FN5.C2H6/c1-18-15-14(17)10-19-16(21-15)20-13-4-3-11-5-7-22(2)8-6-12(11)9-13;1-2/h3-4,9-10H,5-8H2,1-2H3,(H2,18,19,20,21);1-2H3. The lowest BCUT2D eigenvalue weighted by molar-refractivity contribution is 0.352. The van der Waals surface area contributed by atoms with Crippen LogP contribution in [-0.2, 0) is 12.8 Å². The van der Waals surface area contributed by atoms with Crippen LogP contribution in [0, 0.1) is 5.82 Å². The molecule has 3 rings (SSSR count). The van der Waals surface area contributed by atoms with Gasteiger partial charge in [-0.1, -0.05) is 19.9 Å². The van der Waals surface area contributed by atoms with Crippen molar-refractivity contribution in [2.45, 2.75) is 26.7 Å². The predicted molar refractivity (Wildman–Crippen MR) is 97.5 cm³/mol. The van der Waals surface area contributed by atoms with Crippen LogP contribution in [0.2, 0.25) is 0 Å². The Balaban J connectivity index is 0.00000100. The number of benzene rings is 1. The quantitative estimate of drug-likeness (QED) is 0.902. The molecule has 0 amide bonds. The molecular formula is C18H26FN5. The molecule has 1 aliphatic rings. The molecule has 2 aromatic rings. The van der Waals surface area contributed by atoms with Crippen molar-refractivity contribution in [3.8, 4) is 0 Å². The zero-order valence-electron chi connectivity index (χ0n) is 14.9. The third-order valence-corrected chi connectivity index (χ3v) is 3.97. The van der Waals surface area contributed by atoms with E-state index in [9.17, 15) is 4.39 Å². The van der Waals surface area contributed by atoms with Crippen molar-refractivity contribution in [3.05, 3.63) is 41.3 Å². The van der Waals surface area contributed by atoms with Crippen LogP contribution in [0.15, 0.2) is 24.4 Å². The largest absolute Gasteiger partial charge is 0.371 e. The van der Waals surface area contributed by atoms with Crippen molar-refractivity contribution >= 4 is 17.5 Å². The van der Waals surface area contributed by atoms with Crippen LogP contribution in [0.1, 0.15) is 25.0 Å². The lowest BCUT2D eigenvalue weighted by Gasteiger charge is -2.11. The summed E-state index contributed by atoms with van der Waals surface area (Å²) in [6, 6.07) is 6.31. The summed E-state index contributed by atoms with van der Waals surface area (Å²) in [7, 11) is 3.78. The number of anilines is 3. The Morgan fingerprint density at radius 2 is 1.83 bits per heavy atom. The molecule has 0 unspecified atom stereocenters. The molecule has 6 heteroatoms.